The van der Waals surface area contributed by atoms with Crippen LogP contribution < -0.4 is 16.0 Å². The topological polar surface area (TPSA) is 124 Å². The molecule has 3 atom stereocenters. The third-order valence-corrected chi connectivity index (χ3v) is 8.68. The first-order chi connectivity index (χ1) is 18.1. The van der Waals surface area contributed by atoms with Gasteiger partial charge in [0.1, 0.15) is 5.82 Å². The van der Waals surface area contributed by atoms with Gasteiger partial charge in [0, 0.05) is 44.5 Å². The van der Waals surface area contributed by atoms with Gasteiger partial charge in [-0.05, 0) is 61.5 Å². The Balaban J connectivity index is 1.24. The third kappa shape index (κ3) is 4.25. The van der Waals surface area contributed by atoms with E-state index in [4.69, 9.17) is 10.7 Å². The third-order valence-electron chi connectivity index (χ3n) is 8.68. The molecule has 0 aromatic carbocycles. The maximum atomic E-state index is 13.6. The maximum Gasteiger partial charge on any atom is 0.271 e. The number of nitrogens with zero attached hydrogens (tertiary/aromatic N) is 6. The van der Waals surface area contributed by atoms with Crippen LogP contribution in [-0.2, 0) is 26.9 Å². The molecule has 0 spiro atoms. The van der Waals surface area contributed by atoms with Crippen molar-refractivity contribution in [1.82, 2.24) is 24.3 Å². The summed E-state index contributed by atoms with van der Waals surface area (Å²) in [5.74, 6) is 0.866. The van der Waals surface area contributed by atoms with E-state index in [0.29, 0.717) is 29.8 Å². The lowest BCUT2D eigenvalue weighted by Crippen LogP contribution is -2.46. The number of aryl methyl sites for hydroxylation is 1. The summed E-state index contributed by atoms with van der Waals surface area (Å²) in [5.41, 5.74) is 10.1. The van der Waals surface area contributed by atoms with E-state index < -0.39 is 5.91 Å². The Kier molecular flexibility index (Phi) is 5.81. The number of nitrogens with two attached hydrogens (primary N) is 1. The quantitative estimate of drug-likeness (QED) is 0.460. The fourth-order valence-corrected chi connectivity index (χ4v) is 6.98. The van der Waals surface area contributed by atoms with Gasteiger partial charge < -0.3 is 20.5 Å². The summed E-state index contributed by atoms with van der Waals surface area (Å²) in [7, 11) is 3.86. The van der Waals surface area contributed by atoms with Crippen LogP contribution in [0.25, 0.3) is 0 Å². The van der Waals surface area contributed by atoms with Crippen LogP contribution in [0.15, 0.2) is 24.7 Å². The first kappa shape index (κ1) is 24.6. The summed E-state index contributed by atoms with van der Waals surface area (Å²) < 4.78 is 3.80. The number of anilines is 3. The number of rotatable bonds is 7. The van der Waals surface area contributed by atoms with Crippen molar-refractivity contribution in [3.8, 4) is 0 Å². The zero-order chi connectivity index (χ0) is 26.8. The van der Waals surface area contributed by atoms with Crippen molar-refractivity contribution < 1.29 is 9.59 Å². The molecule has 0 saturated carbocycles. The minimum absolute atomic E-state index is 0.0913. The predicted octanol–water partition coefficient (Wildman–Crippen LogP) is 3.54. The summed E-state index contributed by atoms with van der Waals surface area (Å²) >= 11 is 0. The molecule has 2 bridgehead atoms. The molecule has 3 aromatic heterocycles. The Bertz CT molecular complexity index is 1420. The molecule has 1 amide bonds. The number of piperidine rings is 1. The van der Waals surface area contributed by atoms with Crippen LogP contribution in [0.2, 0.25) is 0 Å². The van der Waals surface area contributed by atoms with Gasteiger partial charge in [0.15, 0.2) is 17.3 Å². The van der Waals surface area contributed by atoms with Crippen LogP contribution in [0, 0.1) is 11.3 Å². The Labute approximate surface area is 222 Å². The molecule has 38 heavy (non-hydrogen) atoms. The number of Topliss-reactive ketones (excluding diaryl/α,β-unsaturated/α-hetero) is 1. The number of amides is 1. The first-order valence-corrected chi connectivity index (χ1v) is 13.5. The van der Waals surface area contributed by atoms with Crippen LogP contribution in [0.4, 0.5) is 17.3 Å². The lowest BCUT2D eigenvalue weighted by atomic mass is 9.85. The van der Waals surface area contributed by atoms with Crippen LogP contribution in [0.1, 0.15) is 78.2 Å². The molecular weight excluding hydrogens is 480 g/mol. The average Bonchev–Trinajstić information content (AvgIpc) is 3.57. The normalized spacial score (nSPS) is 23.5. The number of nitrogens with one attached hydrogen (secondary N) is 1. The average molecular weight is 517 g/mol. The molecule has 1 aliphatic carbocycles. The predicted molar refractivity (Wildman–Crippen MR) is 145 cm³/mol. The second kappa shape index (κ2) is 8.96. The van der Waals surface area contributed by atoms with Gasteiger partial charge in [0.2, 0.25) is 0 Å². The number of ketones is 1. The van der Waals surface area contributed by atoms with Gasteiger partial charge >= 0.3 is 0 Å². The summed E-state index contributed by atoms with van der Waals surface area (Å²) in [6.45, 7) is 4.58. The molecule has 10 nitrogen and oxygen atoms in total. The Morgan fingerprint density at radius 3 is 2.63 bits per heavy atom. The van der Waals surface area contributed by atoms with E-state index >= 15 is 0 Å². The van der Waals surface area contributed by atoms with Crippen molar-refractivity contribution in [3.63, 3.8) is 0 Å². The van der Waals surface area contributed by atoms with Crippen LogP contribution in [0.3, 0.4) is 0 Å². The standard InChI is InChI=1S/C28H36N8O2/c1-28(2)11-17-9-21(35(4)22(17)12-28)23(37)10-16-5-6-19-7-8-20(16)36(19)24-14-30-25(26(29)38)27(33-24)32-18-13-31-34(3)15-18/h9,13-16,19-20H,5-8,10-12H2,1-4H3,(H2,29,38)(H,32,33). The van der Waals surface area contributed by atoms with Crippen molar-refractivity contribution in [2.75, 3.05) is 10.2 Å². The van der Waals surface area contributed by atoms with Gasteiger partial charge in [-0.15, -0.1) is 0 Å². The summed E-state index contributed by atoms with van der Waals surface area (Å²) in [4.78, 5) is 37.2. The first-order valence-electron chi connectivity index (χ1n) is 13.5. The van der Waals surface area contributed by atoms with E-state index in [-0.39, 0.29) is 28.9 Å². The van der Waals surface area contributed by atoms with Gasteiger partial charge in [-0.1, -0.05) is 13.8 Å². The molecule has 3 aromatic rings. The number of hydrogen-bond donors (Lipinski definition) is 2. The van der Waals surface area contributed by atoms with E-state index in [9.17, 15) is 9.59 Å². The minimum Gasteiger partial charge on any atom is -0.364 e. The highest BCUT2D eigenvalue weighted by Gasteiger charge is 2.44. The van der Waals surface area contributed by atoms with E-state index in [1.807, 2.05) is 14.1 Å². The number of primary amides is 1. The fourth-order valence-electron chi connectivity index (χ4n) is 6.98. The Hall–Kier alpha value is -3.69. The van der Waals surface area contributed by atoms with E-state index in [1.165, 1.54) is 11.3 Å². The van der Waals surface area contributed by atoms with Gasteiger partial charge in [0.05, 0.1) is 23.8 Å². The molecular formula is C28H36N8O2. The van der Waals surface area contributed by atoms with Crippen molar-refractivity contribution >= 4 is 29.0 Å². The van der Waals surface area contributed by atoms with E-state index in [1.54, 1.807) is 23.3 Å². The number of fused-ring (bicyclic) bond motifs is 3. The second-order valence-corrected chi connectivity index (χ2v) is 12.1. The van der Waals surface area contributed by atoms with Crippen LogP contribution in [-0.4, -0.2) is 48.1 Å². The Morgan fingerprint density at radius 1 is 1.13 bits per heavy atom. The van der Waals surface area contributed by atoms with Crippen LogP contribution in [0.5, 0.6) is 0 Å². The molecule has 2 aliphatic heterocycles. The lowest BCUT2D eigenvalue weighted by molar-refractivity contribution is 0.0936. The lowest BCUT2D eigenvalue weighted by Gasteiger charge is -2.40. The van der Waals surface area contributed by atoms with Crippen LogP contribution >= 0.6 is 0 Å². The Morgan fingerprint density at radius 2 is 1.92 bits per heavy atom. The molecule has 0 radical (unpaired) electrons. The zero-order valence-electron chi connectivity index (χ0n) is 22.6. The molecule has 2 saturated heterocycles. The smallest absolute Gasteiger partial charge is 0.271 e. The highest BCUT2D eigenvalue weighted by Crippen LogP contribution is 2.44. The number of aromatic nitrogens is 5. The van der Waals surface area contributed by atoms with Crippen molar-refractivity contribution in [1.29, 1.82) is 0 Å². The SMILES string of the molecule is Cn1cc(Nc2nc(N3C4CCC(CC(=O)c5cc6c(n5C)CC(C)(C)C6)C3CC4)cnc2C(N)=O)cn1. The summed E-state index contributed by atoms with van der Waals surface area (Å²) in [5, 5.41) is 7.33. The van der Waals surface area contributed by atoms with Gasteiger partial charge in [-0.3, -0.25) is 14.3 Å². The number of hydrogen-bond acceptors (Lipinski definition) is 7. The summed E-state index contributed by atoms with van der Waals surface area (Å²) in [6, 6.07) is 2.70. The highest BCUT2D eigenvalue weighted by molar-refractivity contribution is 5.96. The monoisotopic (exact) mass is 516 g/mol. The minimum atomic E-state index is -0.640. The molecule has 3 N–H and O–H groups in total. The number of carbonyl (C=O) groups excluding carboxylic acids is 2. The molecule has 10 heteroatoms. The molecule has 6 rings (SSSR count). The highest BCUT2D eigenvalue weighted by atomic mass is 16.1. The molecule has 3 aliphatic rings. The van der Waals surface area contributed by atoms with Crippen molar-refractivity contribution in [3.05, 3.63) is 47.3 Å². The molecule has 5 heterocycles. The van der Waals surface area contributed by atoms with Crippen molar-refractivity contribution in [2.45, 2.75) is 70.9 Å². The largest absolute Gasteiger partial charge is 0.364 e. The van der Waals surface area contributed by atoms with Gasteiger partial charge in [0.25, 0.3) is 5.91 Å². The summed E-state index contributed by atoms with van der Waals surface area (Å²) in [6.07, 6.45) is 11.8. The maximum absolute atomic E-state index is 13.6. The molecule has 3 unspecified atom stereocenters. The van der Waals surface area contributed by atoms with Crippen molar-refractivity contribution in [2.24, 2.45) is 31.2 Å². The molecule has 2 fully saturated rings. The van der Waals surface area contributed by atoms with E-state index in [0.717, 1.165) is 44.2 Å². The van der Waals surface area contributed by atoms with Gasteiger partial charge in [-0.2, -0.15) is 5.10 Å². The number of carbonyl (C=O) groups is 2. The zero-order valence-corrected chi connectivity index (χ0v) is 22.6. The van der Waals surface area contributed by atoms with E-state index in [2.05, 4.69) is 44.8 Å². The molecule has 200 valence electrons. The van der Waals surface area contributed by atoms with Gasteiger partial charge in [-0.25, -0.2) is 9.97 Å². The fraction of sp³-hybridized carbons (Fsp3) is 0.536. The second-order valence-electron chi connectivity index (χ2n) is 12.1.